The van der Waals surface area contributed by atoms with E-state index >= 15 is 0 Å². The molecule has 0 bridgehead atoms. The molecule has 1 aliphatic carbocycles. The third-order valence-corrected chi connectivity index (χ3v) is 5.28. The molecule has 1 saturated carbocycles. The highest BCUT2D eigenvalue weighted by molar-refractivity contribution is 5.91. The first-order valence-electron chi connectivity index (χ1n) is 11.0. The lowest BCUT2D eigenvalue weighted by atomic mass is 10.1. The minimum atomic E-state index is -5.08. The minimum Gasteiger partial charge on any atom is -0.475 e. The van der Waals surface area contributed by atoms with Crippen LogP contribution in [0.5, 0.6) is 0 Å². The summed E-state index contributed by atoms with van der Waals surface area (Å²) in [4.78, 5) is 41.7. The summed E-state index contributed by atoms with van der Waals surface area (Å²) >= 11 is 0. The predicted octanol–water partition coefficient (Wildman–Crippen LogP) is 2.63. The van der Waals surface area contributed by atoms with E-state index in [9.17, 15) is 22.8 Å². The Hall–Kier alpha value is -3.35. The standard InChI is InChI=1S/C20H29N5O3.C2HF3O2/c1-5-21-19(26)18(15-8-9-25(12-15)16-6-7-16)23(3)10-11-24(4)20(27)17-13-28-14(2)22-17;3-2(4,5)1(6)7/h8-9,12-13,16,18H,5-7,10-11H2,1-4H3,(H,21,26);(H,6,7). The van der Waals surface area contributed by atoms with Gasteiger partial charge in [0, 0.05) is 52.0 Å². The van der Waals surface area contributed by atoms with Gasteiger partial charge < -0.3 is 24.3 Å². The number of alkyl halides is 3. The molecule has 1 unspecified atom stereocenters. The fourth-order valence-corrected chi connectivity index (χ4v) is 3.26. The first-order valence-corrected chi connectivity index (χ1v) is 11.0. The van der Waals surface area contributed by atoms with Crippen LogP contribution in [0.3, 0.4) is 0 Å². The molecule has 0 aromatic carbocycles. The largest absolute Gasteiger partial charge is 0.490 e. The number of halogens is 3. The topological polar surface area (TPSA) is 121 Å². The van der Waals surface area contributed by atoms with Gasteiger partial charge >= 0.3 is 12.1 Å². The van der Waals surface area contributed by atoms with Gasteiger partial charge in [0.05, 0.1) is 0 Å². The first-order chi connectivity index (χ1) is 16.3. The number of aliphatic carboxylic acids is 1. The molecular formula is C22H30F3N5O5. The van der Waals surface area contributed by atoms with Crippen molar-refractivity contribution in [1.29, 1.82) is 0 Å². The van der Waals surface area contributed by atoms with E-state index in [1.165, 1.54) is 19.1 Å². The summed E-state index contributed by atoms with van der Waals surface area (Å²) in [6.07, 6.45) is 2.81. The van der Waals surface area contributed by atoms with Crippen molar-refractivity contribution in [2.45, 2.75) is 44.9 Å². The molecule has 0 spiro atoms. The average Bonchev–Trinajstić information content (AvgIpc) is 3.36. The van der Waals surface area contributed by atoms with Crippen molar-refractivity contribution in [3.63, 3.8) is 0 Å². The van der Waals surface area contributed by atoms with Crippen molar-refractivity contribution < 1.29 is 37.1 Å². The van der Waals surface area contributed by atoms with Crippen molar-refractivity contribution in [2.75, 3.05) is 33.7 Å². The van der Waals surface area contributed by atoms with E-state index in [1.807, 2.05) is 24.9 Å². The Kier molecular flexibility index (Phi) is 9.46. The van der Waals surface area contributed by atoms with Crippen LogP contribution in [0.15, 0.2) is 29.1 Å². The molecule has 1 aliphatic rings. The van der Waals surface area contributed by atoms with Gasteiger partial charge in [0.1, 0.15) is 12.3 Å². The van der Waals surface area contributed by atoms with Gasteiger partial charge in [-0.15, -0.1) is 0 Å². The molecule has 35 heavy (non-hydrogen) atoms. The van der Waals surface area contributed by atoms with Crippen molar-refractivity contribution in [3.8, 4) is 0 Å². The molecule has 2 N–H and O–H groups in total. The molecular weight excluding hydrogens is 471 g/mol. The molecule has 2 aromatic rings. The molecule has 0 radical (unpaired) electrons. The van der Waals surface area contributed by atoms with Gasteiger partial charge in [0.15, 0.2) is 11.6 Å². The summed E-state index contributed by atoms with van der Waals surface area (Å²) < 4.78 is 39.0. The summed E-state index contributed by atoms with van der Waals surface area (Å²) in [7, 11) is 3.64. The number of likely N-dealkylation sites (N-methyl/N-ethyl adjacent to an activating group) is 3. The van der Waals surface area contributed by atoms with E-state index in [-0.39, 0.29) is 11.8 Å². The fraction of sp³-hybridized carbons (Fsp3) is 0.545. The van der Waals surface area contributed by atoms with Gasteiger partial charge in [-0.2, -0.15) is 13.2 Å². The van der Waals surface area contributed by atoms with E-state index < -0.39 is 18.2 Å². The molecule has 0 saturated heterocycles. The van der Waals surface area contributed by atoms with Gasteiger partial charge in [0.2, 0.25) is 5.91 Å². The SMILES string of the molecule is CCNC(=O)C(c1ccn(C2CC2)c1)N(C)CCN(C)C(=O)c1coc(C)n1.O=C(O)C(F)(F)F. The van der Waals surface area contributed by atoms with Gasteiger partial charge in [0.25, 0.3) is 5.91 Å². The average molecular weight is 502 g/mol. The third-order valence-electron chi connectivity index (χ3n) is 5.28. The molecule has 194 valence electrons. The Morgan fingerprint density at radius 2 is 1.91 bits per heavy atom. The number of nitrogens with one attached hydrogen (secondary N) is 1. The number of carboxylic acid groups (broad SMARTS) is 1. The molecule has 3 rings (SSSR count). The highest BCUT2D eigenvalue weighted by Gasteiger charge is 2.38. The summed E-state index contributed by atoms with van der Waals surface area (Å²) in [6.45, 7) is 5.22. The number of carbonyl (C=O) groups excluding carboxylic acids is 2. The molecule has 2 heterocycles. The van der Waals surface area contributed by atoms with Crippen LogP contribution < -0.4 is 5.32 Å². The monoisotopic (exact) mass is 501 g/mol. The Bertz CT molecular complexity index is 1020. The molecule has 13 heteroatoms. The third kappa shape index (κ3) is 8.12. The fourth-order valence-electron chi connectivity index (χ4n) is 3.26. The maximum atomic E-state index is 12.7. The Labute approximate surface area is 200 Å². The van der Waals surface area contributed by atoms with E-state index in [2.05, 4.69) is 27.3 Å². The zero-order chi connectivity index (χ0) is 26.3. The van der Waals surface area contributed by atoms with Crippen LogP contribution in [-0.4, -0.2) is 82.1 Å². The quantitative estimate of drug-likeness (QED) is 0.542. The maximum Gasteiger partial charge on any atom is 0.490 e. The summed E-state index contributed by atoms with van der Waals surface area (Å²) in [5.74, 6) is -2.52. The molecule has 2 amide bonds. The van der Waals surface area contributed by atoms with Crippen LogP contribution in [0.2, 0.25) is 0 Å². The summed E-state index contributed by atoms with van der Waals surface area (Å²) in [6, 6.07) is 2.20. The number of hydrogen-bond acceptors (Lipinski definition) is 6. The van der Waals surface area contributed by atoms with E-state index in [1.54, 1.807) is 18.9 Å². The maximum absolute atomic E-state index is 12.7. The lowest BCUT2D eigenvalue weighted by Crippen LogP contribution is -2.42. The van der Waals surface area contributed by atoms with Crippen LogP contribution >= 0.6 is 0 Å². The number of hydrogen-bond donors (Lipinski definition) is 2. The van der Waals surface area contributed by atoms with Crippen LogP contribution in [0.1, 0.15) is 53.8 Å². The highest BCUT2D eigenvalue weighted by atomic mass is 19.4. The zero-order valence-electron chi connectivity index (χ0n) is 20.0. The Balaban J connectivity index is 0.000000540. The van der Waals surface area contributed by atoms with Crippen molar-refractivity contribution in [2.24, 2.45) is 0 Å². The molecule has 1 atom stereocenters. The Morgan fingerprint density at radius 3 is 2.40 bits per heavy atom. The van der Waals surface area contributed by atoms with Crippen molar-refractivity contribution in [3.05, 3.63) is 41.9 Å². The second-order valence-electron chi connectivity index (χ2n) is 8.18. The molecule has 10 nitrogen and oxygen atoms in total. The molecule has 2 aromatic heterocycles. The van der Waals surface area contributed by atoms with Crippen LogP contribution in [0.25, 0.3) is 0 Å². The normalized spacial score (nSPS) is 14.2. The number of oxazole rings is 1. The van der Waals surface area contributed by atoms with Crippen molar-refractivity contribution in [1.82, 2.24) is 24.7 Å². The number of aromatic nitrogens is 2. The summed E-state index contributed by atoms with van der Waals surface area (Å²) in [5, 5.41) is 10.1. The van der Waals surface area contributed by atoms with Gasteiger partial charge in [-0.25, -0.2) is 9.78 Å². The number of carboxylic acids is 1. The van der Waals surface area contributed by atoms with E-state index in [4.69, 9.17) is 14.3 Å². The highest BCUT2D eigenvalue weighted by Crippen LogP contribution is 2.36. The van der Waals surface area contributed by atoms with Crippen molar-refractivity contribution >= 4 is 17.8 Å². The number of amides is 2. The second-order valence-corrected chi connectivity index (χ2v) is 8.18. The Morgan fingerprint density at radius 1 is 1.29 bits per heavy atom. The van der Waals surface area contributed by atoms with Crippen LogP contribution in [0.4, 0.5) is 13.2 Å². The lowest BCUT2D eigenvalue weighted by Gasteiger charge is -2.28. The van der Waals surface area contributed by atoms with Gasteiger partial charge in [-0.3, -0.25) is 14.5 Å². The number of nitrogens with zero attached hydrogens (tertiary/aromatic N) is 4. The minimum absolute atomic E-state index is 0.0281. The zero-order valence-corrected chi connectivity index (χ0v) is 20.0. The van der Waals surface area contributed by atoms with Gasteiger partial charge in [-0.05, 0) is 38.4 Å². The second kappa shape index (κ2) is 11.9. The molecule has 1 fully saturated rings. The first kappa shape index (κ1) is 27.9. The predicted molar refractivity (Wildman–Crippen MR) is 119 cm³/mol. The number of rotatable bonds is 9. The van der Waals surface area contributed by atoms with Crippen LogP contribution in [0, 0.1) is 6.92 Å². The smallest absolute Gasteiger partial charge is 0.475 e. The lowest BCUT2D eigenvalue weighted by molar-refractivity contribution is -0.192. The van der Waals surface area contributed by atoms with E-state index in [0.717, 1.165) is 5.56 Å². The van der Waals surface area contributed by atoms with Crippen LogP contribution in [-0.2, 0) is 9.59 Å². The summed E-state index contributed by atoms with van der Waals surface area (Å²) in [5.41, 5.74) is 1.27. The number of carbonyl (C=O) groups is 3. The van der Waals surface area contributed by atoms with Gasteiger partial charge in [-0.1, -0.05) is 0 Å². The van der Waals surface area contributed by atoms with E-state index in [0.29, 0.717) is 37.3 Å². The molecule has 0 aliphatic heterocycles. The number of aryl methyl sites for hydroxylation is 1.